The predicted molar refractivity (Wildman–Crippen MR) is 103 cm³/mol. The van der Waals surface area contributed by atoms with Crippen LogP contribution in [0.4, 0.5) is 4.79 Å². The third-order valence-electron chi connectivity index (χ3n) is 4.31. The summed E-state index contributed by atoms with van der Waals surface area (Å²) >= 11 is 0. The summed E-state index contributed by atoms with van der Waals surface area (Å²) in [6, 6.07) is 0. The number of carbonyl (C=O) groups excluding carboxylic acids is 2. The van der Waals surface area contributed by atoms with E-state index in [-0.39, 0.29) is 18.4 Å². The van der Waals surface area contributed by atoms with Crippen molar-refractivity contribution in [3.63, 3.8) is 0 Å². The van der Waals surface area contributed by atoms with Gasteiger partial charge in [-0.15, -0.1) is 0 Å². The Morgan fingerprint density at radius 3 is 1.96 bits per heavy atom. The molecule has 0 saturated heterocycles. The Morgan fingerprint density at radius 2 is 1.56 bits per heavy atom. The van der Waals surface area contributed by atoms with Crippen molar-refractivity contribution in [1.29, 1.82) is 0 Å². The van der Waals surface area contributed by atoms with Gasteiger partial charge in [0.25, 0.3) is 6.29 Å². The highest BCUT2D eigenvalue weighted by atomic mass is 16.7. The SMILES string of the molecule is CC[C@@H](CC(C)C)C[C@@H](CNC(=O)O[C@@H](OC(=O)C(C)C)C(C)C)C(=O)O. The smallest absolute Gasteiger partial charge is 0.410 e. The van der Waals surface area contributed by atoms with E-state index in [1.807, 2.05) is 6.92 Å². The lowest BCUT2D eigenvalue weighted by molar-refractivity contribution is -0.178. The number of nitrogens with one attached hydrogen (secondary N) is 1. The number of ether oxygens (including phenoxy) is 2. The van der Waals surface area contributed by atoms with Crippen molar-refractivity contribution in [2.45, 2.75) is 74.0 Å². The van der Waals surface area contributed by atoms with Crippen LogP contribution in [0.1, 0.15) is 67.7 Å². The number of esters is 1. The Kier molecular flexibility index (Phi) is 11.7. The van der Waals surface area contributed by atoms with Crippen LogP contribution in [0.2, 0.25) is 0 Å². The quantitative estimate of drug-likeness (QED) is 0.387. The Morgan fingerprint density at radius 1 is 0.963 bits per heavy atom. The van der Waals surface area contributed by atoms with Gasteiger partial charge >= 0.3 is 18.0 Å². The van der Waals surface area contributed by atoms with Crippen LogP contribution in [-0.2, 0) is 19.1 Å². The largest absolute Gasteiger partial charge is 0.481 e. The predicted octanol–water partition coefficient (Wildman–Crippen LogP) is 4.06. The Bertz CT molecular complexity index is 475. The number of amides is 1. The molecule has 0 unspecified atom stereocenters. The van der Waals surface area contributed by atoms with E-state index in [0.29, 0.717) is 18.3 Å². The lowest BCUT2D eigenvalue weighted by atomic mass is 9.86. The molecule has 0 bridgehead atoms. The summed E-state index contributed by atoms with van der Waals surface area (Å²) in [7, 11) is 0. The average Bonchev–Trinajstić information content (AvgIpc) is 2.55. The number of hydrogen-bond acceptors (Lipinski definition) is 5. The topological polar surface area (TPSA) is 102 Å². The maximum Gasteiger partial charge on any atom is 0.410 e. The molecule has 7 heteroatoms. The van der Waals surface area contributed by atoms with Crippen LogP contribution in [0.5, 0.6) is 0 Å². The molecule has 0 saturated carbocycles. The lowest BCUT2D eigenvalue weighted by Crippen LogP contribution is -2.39. The highest BCUT2D eigenvalue weighted by Gasteiger charge is 2.26. The molecule has 158 valence electrons. The van der Waals surface area contributed by atoms with E-state index in [9.17, 15) is 19.5 Å². The highest BCUT2D eigenvalue weighted by molar-refractivity contribution is 5.73. The molecule has 27 heavy (non-hydrogen) atoms. The van der Waals surface area contributed by atoms with E-state index in [1.54, 1.807) is 27.7 Å². The van der Waals surface area contributed by atoms with Crippen molar-refractivity contribution in [2.75, 3.05) is 6.54 Å². The lowest BCUT2D eigenvalue weighted by Gasteiger charge is -2.24. The Labute approximate surface area is 163 Å². The normalized spacial score (nSPS) is 14.7. The molecule has 0 aromatic rings. The standard InChI is InChI=1S/C20H37NO6/c1-8-15(9-12(2)3)10-16(17(22)23)11-21-20(25)27-19(14(6)7)26-18(24)13(4)5/h12-16,19H,8-11H2,1-7H3,(H,21,25)(H,22,23)/t15-,16-,19+/m0/s1. The van der Waals surface area contributed by atoms with Crippen molar-refractivity contribution in [3.8, 4) is 0 Å². The molecule has 0 spiro atoms. The minimum atomic E-state index is -1.01. The van der Waals surface area contributed by atoms with Crippen molar-refractivity contribution >= 4 is 18.0 Å². The number of carboxylic acids is 1. The van der Waals surface area contributed by atoms with Gasteiger partial charge < -0.3 is 19.9 Å². The van der Waals surface area contributed by atoms with Gasteiger partial charge in [0, 0.05) is 12.5 Å². The first-order valence-electron chi connectivity index (χ1n) is 9.85. The number of hydrogen-bond donors (Lipinski definition) is 2. The molecule has 1 amide bonds. The second-order valence-electron chi connectivity index (χ2n) is 8.16. The summed E-state index contributed by atoms with van der Waals surface area (Å²) in [5.74, 6) is -1.85. The van der Waals surface area contributed by atoms with Crippen molar-refractivity contribution in [1.82, 2.24) is 5.32 Å². The molecule has 0 heterocycles. The molecule has 0 radical (unpaired) electrons. The second-order valence-corrected chi connectivity index (χ2v) is 8.16. The van der Waals surface area contributed by atoms with Gasteiger partial charge in [-0.05, 0) is 24.7 Å². The fraction of sp³-hybridized carbons (Fsp3) is 0.850. The number of alkyl carbamates (subject to hydrolysis) is 1. The van der Waals surface area contributed by atoms with E-state index >= 15 is 0 Å². The van der Waals surface area contributed by atoms with E-state index in [2.05, 4.69) is 19.2 Å². The van der Waals surface area contributed by atoms with Crippen LogP contribution in [0.3, 0.4) is 0 Å². The van der Waals surface area contributed by atoms with E-state index in [4.69, 9.17) is 9.47 Å². The molecule has 0 rings (SSSR count). The van der Waals surface area contributed by atoms with Gasteiger partial charge in [-0.3, -0.25) is 9.59 Å². The summed E-state index contributed by atoms with van der Waals surface area (Å²) in [5, 5.41) is 12.0. The first kappa shape index (κ1) is 25.2. The molecule has 0 aromatic carbocycles. The summed E-state index contributed by atoms with van der Waals surface area (Å²) in [5.41, 5.74) is 0. The van der Waals surface area contributed by atoms with Crippen molar-refractivity contribution in [3.05, 3.63) is 0 Å². The number of carboxylic acid groups (broad SMARTS) is 1. The van der Waals surface area contributed by atoms with Crippen LogP contribution in [-0.4, -0.2) is 36.0 Å². The number of carbonyl (C=O) groups is 3. The molecule has 7 nitrogen and oxygen atoms in total. The first-order valence-corrected chi connectivity index (χ1v) is 9.85. The molecular weight excluding hydrogens is 350 g/mol. The Balaban J connectivity index is 4.70. The van der Waals surface area contributed by atoms with E-state index in [1.165, 1.54) is 0 Å². The summed E-state index contributed by atoms with van der Waals surface area (Å²) < 4.78 is 10.4. The van der Waals surface area contributed by atoms with Crippen molar-refractivity contribution in [2.24, 2.45) is 29.6 Å². The minimum Gasteiger partial charge on any atom is -0.481 e. The maximum atomic E-state index is 12.1. The first-order chi connectivity index (χ1) is 12.5. The third kappa shape index (κ3) is 10.8. The van der Waals surface area contributed by atoms with Crippen LogP contribution in [0.15, 0.2) is 0 Å². The monoisotopic (exact) mass is 387 g/mol. The molecule has 0 aliphatic heterocycles. The third-order valence-corrected chi connectivity index (χ3v) is 4.31. The van der Waals surface area contributed by atoms with Crippen LogP contribution < -0.4 is 5.32 Å². The van der Waals surface area contributed by atoms with Crippen molar-refractivity contribution < 1.29 is 29.0 Å². The van der Waals surface area contributed by atoms with Gasteiger partial charge in [0.1, 0.15) is 0 Å². The fourth-order valence-corrected chi connectivity index (χ4v) is 2.67. The average molecular weight is 388 g/mol. The number of aliphatic carboxylic acids is 1. The molecular formula is C20H37NO6. The Hall–Kier alpha value is -1.79. The van der Waals surface area contributed by atoms with Crippen LogP contribution >= 0.6 is 0 Å². The molecule has 2 N–H and O–H groups in total. The summed E-state index contributed by atoms with van der Waals surface area (Å²) in [6.45, 7) is 13.2. The van der Waals surface area contributed by atoms with Gasteiger partial charge in [-0.25, -0.2) is 4.79 Å². The molecule has 3 atom stereocenters. The molecule has 0 aromatic heterocycles. The van der Waals surface area contributed by atoms with E-state index < -0.39 is 30.2 Å². The van der Waals surface area contributed by atoms with Gasteiger partial charge in [0.2, 0.25) is 0 Å². The fourth-order valence-electron chi connectivity index (χ4n) is 2.67. The van der Waals surface area contributed by atoms with Gasteiger partial charge in [-0.1, -0.05) is 54.9 Å². The van der Waals surface area contributed by atoms with E-state index in [0.717, 1.165) is 12.8 Å². The molecule has 0 fully saturated rings. The minimum absolute atomic E-state index is 0.0221. The van der Waals surface area contributed by atoms with Gasteiger partial charge in [-0.2, -0.15) is 0 Å². The second kappa shape index (κ2) is 12.6. The highest BCUT2D eigenvalue weighted by Crippen LogP contribution is 2.23. The summed E-state index contributed by atoms with van der Waals surface area (Å²) in [6.07, 6.45) is 0.555. The van der Waals surface area contributed by atoms with Crippen LogP contribution in [0.25, 0.3) is 0 Å². The van der Waals surface area contributed by atoms with Crippen LogP contribution in [0, 0.1) is 29.6 Å². The van der Waals surface area contributed by atoms with Gasteiger partial charge in [0.15, 0.2) is 0 Å². The zero-order valence-electron chi connectivity index (χ0n) is 17.8. The zero-order valence-corrected chi connectivity index (χ0v) is 17.8. The number of rotatable bonds is 12. The van der Waals surface area contributed by atoms with Gasteiger partial charge in [0.05, 0.1) is 11.8 Å². The summed E-state index contributed by atoms with van der Waals surface area (Å²) in [4.78, 5) is 35.3. The molecule has 0 aliphatic carbocycles. The zero-order chi connectivity index (χ0) is 21.1. The molecule has 0 aliphatic rings. The maximum absolute atomic E-state index is 12.1.